The normalized spacial score (nSPS) is 10.1. The molecule has 1 aromatic rings. The summed E-state index contributed by atoms with van der Waals surface area (Å²) in [6, 6.07) is 4.88. The maximum absolute atomic E-state index is 13.4. The second-order valence-corrected chi connectivity index (χ2v) is 4.43. The number of halogens is 1. The summed E-state index contributed by atoms with van der Waals surface area (Å²) in [4.78, 5) is 0. The average Bonchev–Trinajstić information content (AvgIpc) is 2.43. The lowest BCUT2D eigenvalue weighted by molar-refractivity contribution is 0.117. The zero-order valence-electron chi connectivity index (χ0n) is 11.5. The highest BCUT2D eigenvalue weighted by atomic mass is 19.1. The summed E-state index contributed by atoms with van der Waals surface area (Å²) >= 11 is 0. The van der Waals surface area contributed by atoms with Crippen molar-refractivity contribution in [3.8, 4) is 11.8 Å². The largest absolute Gasteiger partial charge is 0.377 e. The Balaban J connectivity index is 2.42. The molecule has 1 rings (SSSR count). The highest BCUT2D eigenvalue weighted by Gasteiger charge is 2.01. The van der Waals surface area contributed by atoms with Crippen LogP contribution in [0.3, 0.4) is 0 Å². The van der Waals surface area contributed by atoms with E-state index in [0.717, 1.165) is 18.6 Å². The lowest BCUT2D eigenvalue weighted by Gasteiger charge is -2.05. The number of benzene rings is 1. The van der Waals surface area contributed by atoms with E-state index >= 15 is 0 Å². The summed E-state index contributed by atoms with van der Waals surface area (Å²) in [5, 5.41) is 0. The predicted octanol–water partition coefficient (Wildman–Crippen LogP) is 3.23. The lowest BCUT2D eigenvalue weighted by Crippen LogP contribution is -1.98. The molecule has 0 amide bonds. The molecule has 0 spiro atoms. The molecule has 0 fully saturated rings. The highest BCUT2D eigenvalue weighted by molar-refractivity contribution is 5.38. The van der Waals surface area contributed by atoms with Crippen LogP contribution in [0.4, 0.5) is 4.39 Å². The Morgan fingerprint density at radius 1 is 1.26 bits per heavy atom. The van der Waals surface area contributed by atoms with Crippen LogP contribution in [0.5, 0.6) is 0 Å². The minimum atomic E-state index is -0.312. The third-order valence-electron chi connectivity index (χ3n) is 2.77. The van der Waals surface area contributed by atoms with Gasteiger partial charge in [0.1, 0.15) is 5.82 Å². The summed E-state index contributed by atoms with van der Waals surface area (Å²) in [5.41, 5.74) is 6.61. The summed E-state index contributed by atoms with van der Waals surface area (Å²) in [5.74, 6) is 5.07. The second-order valence-electron chi connectivity index (χ2n) is 4.43. The van der Waals surface area contributed by atoms with Crippen molar-refractivity contribution in [3.63, 3.8) is 0 Å². The Morgan fingerprint density at radius 2 is 2.11 bits per heavy atom. The number of rotatable bonds is 7. The van der Waals surface area contributed by atoms with Gasteiger partial charge in [-0.15, -0.1) is 0 Å². The number of unbranched alkanes of at least 4 members (excludes halogenated alkanes) is 3. The molecule has 0 aliphatic heterocycles. The molecular formula is C16H22FNO. The molecule has 104 valence electrons. The maximum Gasteiger partial charge on any atom is 0.138 e. The lowest BCUT2D eigenvalue weighted by atomic mass is 10.1. The monoisotopic (exact) mass is 263 g/mol. The smallest absolute Gasteiger partial charge is 0.138 e. The molecule has 2 N–H and O–H groups in total. The third-order valence-corrected chi connectivity index (χ3v) is 2.77. The molecule has 2 nitrogen and oxygen atoms in total. The first-order valence-corrected chi connectivity index (χ1v) is 6.83. The van der Waals surface area contributed by atoms with E-state index in [0.29, 0.717) is 12.2 Å². The first-order valence-electron chi connectivity index (χ1n) is 6.83. The van der Waals surface area contributed by atoms with Gasteiger partial charge in [-0.25, -0.2) is 4.39 Å². The van der Waals surface area contributed by atoms with Crippen molar-refractivity contribution < 1.29 is 9.13 Å². The minimum absolute atomic E-state index is 0.234. The van der Waals surface area contributed by atoms with E-state index in [4.69, 9.17) is 10.5 Å². The van der Waals surface area contributed by atoms with Crippen LogP contribution in [0, 0.1) is 17.7 Å². The van der Waals surface area contributed by atoms with Crippen molar-refractivity contribution in [2.24, 2.45) is 5.73 Å². The van der Waals surface area contributed by atoms with Gasteiger partial charge in [0.15, 0.2) is 0 Å². The molecule has 19 heavy (non-hydrogen) atoms. The Hall–Kier alpha value is -1.37. The Morgan fingerprint density at radius 3 is 2.84 bits per heavy atom. The average molecular weight is 263 g/mol. The number of ether oxygens (including phenoxy) is 1. The van der Waals surface area contributed by atoms with Gasteiger partial charge in [-0.3, -0.25) is 0 Å². The SMILES string of the molecule is CCCCCCOCc1ccc(F)c(C#CCN)c1. The van der Waals surface area contributed by atoms with Gasteiger partial charge in [-0.2, -0.15) is 0 Å². The van der Waals surface area contributed by atoms with Gasteiger partial charge in [0.25, 0.3) is 0 Å². The molecule has 0 aliphatic rings. The van der Waals surface area contributed by atoms with Crippen molar-refractivity contribution in [2.45, 2.75) is 39.2 Å². The Kier molecular flexibility index (Phi) is 7.88. The van der Waals surface area contributed by atoms with E-state index < -0.39 is 0 Å². The number of hydrogen-bond donors (Lipinski definition) is 1. The van der Waals surface area contributed by atoms with Gasteiger partial charge < -0.3 is 10.5 Å². The van der Waals surface area contributed by atoms with Crippen molar-refractivity contribution >= 4 is 0 Å². The minimum Gasteiger partial charge on any atom is -0.377 e. The molecular weight excluding hydrogens is 241 g/mol. The van der Waals surface area contributed by atoms with Gasteiger partial charge in [-0.05, 0) is 24.1 Å². The quantitative estimate of drug-likeness (QED) is 0.605. The molecule has 1 aromatic carbocycles. The third kappa shape index (κ3) is 6.37. The van der Waals surface area contributed by atoms with Gasteiger partial charge in [0.05, 0.1) is 18.7 Å². The van der Waals surface area contributed by atoms with Crippen molar-refractivity contribution in [3.05, 3.63) is 35.1 Å². The van der Waals surface area contributed by atoms with Gasteiger partial charge in [-0.1, -0.05) is 44.1 Å². The van der Waals surface area contributed by atoms with E-state index in [9.17, 15) is 4.39 Å². The van der Waals surface area contributed by atoms with Crippen LogP contribution in [-0.4, -0.2) is 13.2 Å². The van der Waals surface area contributed by atoms with Crippen molar-refractivity contribution in [2.75, 3.05) is 13.2 Å². The molecule has 0 saturated heterocycles. The number of nitrogens with two attached hydrogens (primary N) is 1. The molecule has 3 heteroatoms. The van der Waals surface area contributed by atoms with Gasteiger partial charge >= 0.3 is 0 Å². The second kappa shape index (κ2) is 9.55. The van der Waals surface area contributed by atoms with Crippen LogP contribution in [0.25, 0.3) is 0 Å². The van der Waals surface area contributed by atoms with Gasteiger partial charge in [0.2, 0.25) is 0 Å². The summed E-state index contributed by atoms with van der Waals surface area (Å²) in [6.45, 7) is 3.67. The zero-order valence-corrected chi connectivity index (χ0v) is 11.5. The molecule has 0 unspecified atom stereocenters. The molecule has 0 heterocycles. The standard InChI is InChI=1S/C16H22FNO/c1-2-3-4-5-11-19-13-14-8-9-16(17)15(12-14)7-6-10-18/h8-9,12H,2-5,10-11,13,18H2,1H3. The van der Waals surface area contributed by atoms with Crippen LogP contribution in [-0.2, 0) is 11.3 Å². The van der Waals surface area contributed by atoms with Crippen LogP contribution >= 0.6 is 0 Å². The first-order chi connectivity index (χ1) is 9.27. The summed E-state index contributed by atoms with van der Waals surface area (Å²) < 4.78 is 19.0. The molecule has 0 aromatic heterocycles. The fraction of sp³-hybridized carbons (Fsp3) is 0.500. The maximum atomic E-state index is 13.4. The highest BCUT2D eigenvalue weighted by Crippen LogP contribution is 2.11. The fourth-order valence-electron chi connectivity index (χ4n) is 1.73. The zero-order chi connectivity index (χ0) is 13.9. The van der Waals surface area contributed by atoms with E-state index in [2.05, 4.69) is 18.8 Å². The molecule has 0 aliphatic carbocycles. The van der Waals surface area contributed by atoms with Crippen LogP contribution < -0.4 is 5.73 Å². The van der Waals surface area contributed by atoms with Crippen LogP contribution in [0.1, 0.15) is 43.7 Å². The fourth-order valence-corrected chi connectivity index (χ4v) is 1.73. The van der Waals surface area contributed by atoms with E-state index in [1.165, 1.54) is 25.3 Å². The van der Waals surface area contributed by atoms with Crippen molar-refractivity contribution in [1.29, 1.82) is 0 Å². The summed E-state index contributed by atoms with van der Waals surface area (Å²) in [6.07, 6.45) is 4.75. The predicted molar refractivity (Wildman–Crippen MR) is 76.1 cm³/mol. The van der Waals surface area contributed by atoms with E-state index in [1.807, 2.05) is 0 Å². The molecule has 0 bridgehead atoms. The Bertz CT molecular complexity index is 434. The molecule has 0 radical (unpaired) electrons. The van der Waals surface area contributed by atoms with Crippen LogP contribution in [0.2, 0.25) is 0 Å². The van der Waals surface area contributed by atoms with Crippen molar-refractivity contribution in [1.82, 2.24) is 0 Å². The number of hydrogen-bond acceptors (Lipinski definition) is 2. The topological polar surface area (TPSA) is 35.2 Å². The van der Waals surface area contributed by atoms with Crippen LogP contribution in [0.15, 0.2) is 18.2 Å². The molecule has 0 saturated carbocycles. The van der Waals surface area contributed by atoms with E-state index in [-0.39, 0.29) is 12.4 Å². The van der Waals surface area contributed by atoms with E-state index in [1.54, 1.807) is 12.1 Å². The van der Waals surface area contributed by atoms with Gasteiger partial charge in [0, 0.05) is 6.61 Å². The summed E-state index contributed by atoms with van der Waals surface area (Å²) in [7, 11) is 0. The molecule has 0 atom stereocenters. The Labute approximate surface area is 115 Å². The first kappa shape index (κ1) is 15.7.